The lowest BCUT2D eigenvalue weighted by atomic mass is 10.2. The number of carboxylic acids is 1. The summed E-state index contributed by atoms with van der Waals surface area (Å²) in [6.07, 6.45) is 4.04. The van der Waals surface area contributed by atoms with Crippen molar-refractivity contribution in [2.24, 2.45) is 5.92 Å². The molecular weight excluding hydrogens is 234 g/mol. The van der Waals surface area contributed by atoms with Crippen LogP contribution in [0.1, 0.15) is 40.6 Å². The van der Waals surface area contributed by atoms with Gasteiger partial charge in [0.1, 0.15) is 5.69 Å². The van der Waals surface area contributed by atoms with Crippen molar-refractivity contribution in [3.8, 4) is 0 Å². The Balaban J connectivity index is 1.95. The third-order valence-corrected chi connectivity index (χ3v) is 3.05. The predicted molar refractivity (Wildman–Crippen MR) is 64.9 cm³/mol. The molecule has 0 saturated heterocycles. The molecule has 2 rings (SSSR count). The standard InChI is InChI=1S/C13H17NO4/c1-9(15)11-6-12(13(16)17)14(7-11)4-5-18-8-10-2-3-10/h6-7,10H,2-5,8H2,1H3,(H,16,17). The second kappa shape index (κ2) is 5.35. The fourth-order valence-corrected chi connectivity index (χ4v) is 1.76. The van der Waals surface area contributed by atoms with E-state index in [0.717, 1.165) is 6.61 Å². The Bertz CT molecular complexity index is 460. The van der Waals surface area contributed by atoms with Crippen LogP contribution in [0.15, 0.2) is 12.3 Å². The van der Waals surface area contributed by atoms with Crippen molar-refractivity contribution in [2.45, 2.75) is 26.3 Å². The average molecular weight is 251 g/mol. The molecule has 1 N–H and O–H groups in total. The van der Waals surface area contributed by atoms with E-state index in [0.29, 0.717) is 24.6 Å². The maximum Gasteiger partial charge on any atom is 0.352 e. The van der Waals surface area contributed by atoms with E-state index >= 15 is 0 Å². The molecule has 1 aliphatic rings. The zero-order valence-electron chi connectivity index (χ0n) is 10.4. The van der Waals surface area contributed by atoms with Crippen LogP contribution in [0.5, 0.6) is 0 Å². The lowest BCUT2D eigenvalue weighted by Gasteiger charge is -2.06. The minimum atomic E-state index is -1.02. The number of ketones is 1. The summed E-state index contributed by atoms with van der Waals surface area (Å²) in [6, 6.07) is 1.41. The molecule has 0 bridgehead atoms. The number of hydrogen-bond donors (Lipinski definition) is 1. The van der Waals surface area contributed by atoms with Crippen LogP contribution in [0.2, 0.25) is 0 Å². The van der Waals surface area contributed by atoms with Gasteiger partial charge in [0.25, 0.3) is 0 Å². The van der Waals surface area contributed by atoms with Crippen LogP contribution in [-0.2, 0) is 11.3 Å². The second-order valence-corrected chi connectivity index (χ2v) is 4.69. The summed E-state index contributed by atoms with van der Waals surface area (Å²) in [4.78, 5) is 22.3. The van der Waals surface area contributed by atoms with Crippen molar-refractivity contribution >= 4 is 11.8 Å². The Hall–Kier alpha value is -1.62. The fourth-order valence-electron chi connectivity index (χ4n) is 1.76. The maximum absolute atomic E-state index is 11.2. The summed E-state index contributed by atoms with van der Waals surface area (Å²) in [5, 5.41) is 9.04. The summed E-state index contributed by atoms with van der Waals surface area (Å²) in [5.41, 5.74) is 0.560. The van der Waals surface area contributed by atoms with Gasteiger partial charge in [0.15, 0.2) is 5.78 Å². The maximum atomic E-state index is 11.2. The molecule has 0 spiro atoms. The smallest absolute Gasteiger partial charge is 0.352 e. The lowest BCUT2D eigenvalue weighted by molar-refractivity contribution is 0.0679. The molecule has 5 heteroatoms. The number of aromatic nitrogens is 1. The van der Waals surface area contributed by atoms with Gasteiger partial charge in [0.05, 0.1) is 6.61 Å². The number of carboxylic acid groups (broad SMARTS) is 1. The van der Waals surface area contributed by atoms with E-state index in [1.165, 1.54) is 25.8 Å². The predicted octanol–water partition coefficient (Wildman–Crippen LogP) is 1.82. The van der Waals surface area contributed by atoms with Crippen LogP contribution < -0.4 is 0 Å². The molecule has 98 valence electrons. The van der Waals surface area contributed by atoms with E-state index in [-0.39, 0.29) is 11.5 Å². The van der Waals surface area contributed by atoms with E-state index < -0.39 is 5.97 Å². The van der Waals surface area contributed by atoms with E-state index in [9.17, 15) is 9.59 Å². The average Bonchev–Trinajstić information content (AvgIpc) is 3.02. The summed E-state index contributed by atoms with van der Waals surface area (Å²) in [6.45, 7) is 3.11. The quantitative estimate of drug-likeness (QED) is 0.593. The molecule has 0 radical (unpaired) electrons. The SMILES string of the molecule is CC(=O)c1cc(C(=O)O)n(CCOCC2CC2)c1. The van der Waals surface area contributed by atoms with E-state index in [1.807, 2.05) is 0 Å². The monoisotopic (exact) mass is 251 g/mol. The first kappa shape index (κ1) is 12.8. The van der Waals surface area contributed by atoms with Crippen LogP contribution in [0.3, 0.4) is 0 Å². The van der Waals surface area contributed by atoms with Crippen LogP contribution in [0.25, 0.3) is 0 Å². The first-order valence-corrected chi connectivity index (χ1v) is 6.10. The number of Topliss-reactive ketones (excluding diaryl/α,β-unsaturated/α-hetero) is 1. The molecular formula is C13H17NO4. The highest BCUT2D eigenvalue weighted by atomic mass is 16.5. The first-order valence-electron chi connectivity index (χ1n) is 6.10. The van der Waals surface area contributed by atoms with Gasteiger partial charge >= 0.3 is 5.97 Å². The van der Waals surface area contributed by atoms with Gasteiger partial charge < -0.3 is 14.4 Å². The van der Waals surface area contributed by atoms with Crippen molar-refractivity contribution in [1.29, 1.82) is 0 Å². The third kappa shape index (κ3) is 3.20. The zero-order valence-corrected chi connectivity index (χ0v) is 10.4. The number of aromatic carboxylic acids is 1. The molecule has 0 amide bonds. The molecule has 1 aliphatic carbocycles. The van der Waals surface area contributed by atoms with Crippen molar-refractivity contribution in [1.82, 2.24) is 4.57 Å². The van der Waals surface area contributed by atoms with Crippen molar-refractivity contribution < 1.29 is 19.4 Å². The number of carbonyl (C=O) groups is 2. The molecule has 1 saturated carbocycles. The largest absolute Gasteiger partial charge is 0.477 e. The number of nitrogens with zero attached hydrogens (tertiary/aromatic N) is 1. The summed E-state index contributed by atoms with van der Waals surface area (Å²) < 4.78 is 7.03. The van der Waals surface area contributed by atoms with Crippen LogP contribution in [0.4, 0.5) is 0 Å². The Morgan fingerprint density at radius 3 is 2.78 bits per heavy atom. The second-order valence-electron chi connectivity index (χ2n) is 4.69. The topological polar surface area (TPSA) is 68.5 Å². The minimum absolute atomic E-state index is 0.129. The normalized spacial score (nSPS) is 14.7. The summed E-state index contributed by atoms with van der Waals surface area (Å²) in [5.74, 6) is -0.457. The van der Waals surface area contributed by atoms with Gasteiger partial charge in [-0.3, -0.25) is 4.79 Å². The molecule has 1 aromatic rings. The minimum Gasteiger partial charge on any atom is -0.477 e. The van der Waals surface area contributed by atoms with Crippen molar-refractivity contribution in [2.75, 3.05) is 13.2 Å². The van der Waals surface area contributed by atoms with Crippen LogP contribution in [-0.4, -0.2) is 34.6 Å². The molecule has 18 heavy (non-hydrogen) atoms. The Morgan fingerprint density at radius 1 is 1.50 bits per heavy atom. The highest BCUT2D eigenvalue weighted by molar-refractivity contribution is 5.97. The Morgan fingerprint density at radius 2 is 2.22 bits per heavy atom. The van der Waals surface area contributed by atoms with Gasteiger partial charge in [0.2, 0.25) is 0 Å². The fraction of sp³-hybridized carbons (Fsp3) is 0.538. The lowest BCUT2D eigenvalue weighted by Crippen LogP contribution is -2.12. The van der Waals surface area contributed by atoms with Gasteiger partial charge in [-0.05, 0) is 31.7 Å². The number of ether oxygens (including phenoxy) is 1. The van der Waals surface area contributed by atoms with Crippen LogP contribution >= 0.6 is 0 Å². The molecule has 0 aliphatic heterocycles. The number of carbonyl (C=O) groups excluding carboxylic acids is 1. The summed E-state index contributed by atoms with van der Waals surface area (Å²) in [7, 11) is 0. The number of rotatable bonds is 7. The molecule has 1 fully saturated rings. The highest BCUT2D eigenvalue weighted by Gasteiger charge is 2.21. The van der Waals surface area contributed by atoms with E-state index in [4.69, 9.17) is 9.84 Å². The third-order valence-electron chi connectivity index (χ3n) is 3.05. The van der Waals surface area contributed by atoms with Gasteiger partial charge in [0, 0.05) is 24.9 Å². The van der Waals surface area contributed by atoms with Crippen molar-refractivity contribution in [3.63, 3.8) is 0 Å². The van der Waals surface area contributed by atoms with Crippen LogP contribution in [0, 0.1) is 5.92 Å². The van der Waals surface area contributed by atoms with E-state index in [1.54, 1.807) is 10.8 Å². The van der Waals surface area contributed by atoms with Gasteiger partial charge in [-0.1, -0.05) is 0 Å². The Labute approximate surface area is 105 Å². The molecule has 1 aromatic heterocycles. The molecule has 0 unspecified atom stereocenters. The number of hydrogen-bond acceptors (Lipinski definition) is 3. The molecule has 0 atom stereocenters. The van der Waals surface area contributed by atoms with Gasteiger partial charge in [-0.2, -0.15) is 0 Å². The van der Waals surface area contributed by atoms with Gasteiger partial charge in [-0.15, -0.1) is 0 Å². The zero-order chi connectivity index (χ0) is 13.1. The van der Waals surface area contributed by atoms with E-state index in [2.05, 4.69) is 0 Å². The first-order chi connectivity index (χ1) is 8.58. The van der Waals surface area contributed by atoms with Gasteiger partial charge in [-0.25, -0.2) is 4.79 Å². The molecule has 1 heterocycles. The molecule has 5 nitrogen and oxygen atoms in total. The highest BCUT2D eigenvalue weighted by Crippen LogP contribution is 2.28. The Kier molecular flexibility index (Phi) is 3.81. The summed E-state index contributed by atoms with van der Waals surface area (Å²) >= 11 is 0. The van der Waals surface area contributed by atoms with Crippen molar-refractivity contribution in [3.05, 3.63) is 23.5 Å². The molecule has 0 aromatic carbocycles.